The summed E-state index contributed by atoms with van der Waals surface area (Å²) in [5, 5.41) is 0. The predicted octanol–water partition coefficient (Wildman–Crippen LogP) is 3.44. The second-order valence-corrected chi connectivity index (χ2v) is 7.31. The van der Waals surface area contributed by atoms with Gasteiger partial charge in [0.1, 0.15) is 5.78 Å². The van der Waals surface area contributed by atoms with Gasteiger partial charge in [0.25, 0.3) is 0 Å². The van der Waals surface area contributed by atoms with Crippen LogP contribution >= 0.6 is 0 Å². The second-order valence-electron chi connectivity index (χ2n) is 7.31. The smallest absolute Gasteiger partial charge is 0.230 e. The van der Waals surface area contributed by atoms with Crippen LogP contribution in [0.4, 0.5) is 0 Å². The third-order valence-corrected chi connectivity index (χ3v) is 1.54. The molecule has 0 spiro atoms. The standard InChI is InChI=1S/C7H9NO3.C5H12.C4H10/c1-5(9)4-8-6(10)2-3-7(8)11;1-5(2,3)4;1-4(2)3/h2-4H2,1H3;1-4H3;4H,1-3H3. The molecule has 0 radical (unpaired) electrons. The monoisotopic (exact) mass is 285 g/mol. The Morgan fingerprint density at radius 3 is 1.50 bits per heavy atom. The molecule has 20 heavy (non-hydrogen) atoms. The maximum atomic E-state index is 10.9. The molecule has 0 aromatic heterocycles. The molecule has 0 N–H and O–H groups in total. The number of ketones is 1. The van der Waals surface area contributed by atoms with Gasteiger partial charge in [0.05, 0.1) is 6.54 Å². The highest BCUT2D eigenvalue weighted by atomic mass is 16.2. The van der Waals surface area contributed by atoms with Crippen molar-refractivity contribution < 1.29 is 14.4 Å². The highest BCUT2D eigenvalue weighted by Gasteiger charge is 2.29. The van der Waals surface area contributed by atoms with E-state index in [0.29, 0.717) is 5.41 Å². The molecule has 1 rings (SSSR count). The summed E-state index contributed by atoms with van der Waals surface area (Å²) in [7, 11) is 0. The van der Waals surface area contributed by atoms with E-state index in [1.165, 1.54) is 6.92 Å². The van der Waals surface area contributed by atoms with Gasteiger partial charge in [-0.3, -0.25) is 19.3 Å². The Kier molecular flexibility index (Phi) is 10.2. The molecule has 1 fully saturated rings. The molecule has 1 aliphatic rings. The first kappa shape index (κ1) is 21.1. The molecule has 0 unspecified atom stereocenters. The first-order valence-corrected chi connectivity index (χ1v) is 7.17. The second kappa shape index (κ2) is 9.67. The van der Waals surface area contributed by atoms with Gasteiger partial charge in [0.15, 0.2) is 0 Å². The van der Waals surface area contributed by atoms with Crippen molar-refractivity contribution in [3.05, 3.63) is 0 Å². The molecule has 0 atom stereocenters. The fourth-order valence-electron chi connectivity index (χ4n) is 1.02. The van der Waals surface area contributed by atoms with Gasteiger partial charge in [-0.2, -0.15) is 0 Å². The molecule has 0 aliphatic carbocycles. The fourth-order valence-corrected chi connectivity index (χ4v) is 1.02. The van der Waals surface area contributed by atoms with Gasteiger partial charge in [-0.15, -0.1) is 0 Å². The summed E-state index contributed by atoms with van der Waals surface area (Å²) in [5.41, 5.74) is 0.500. The molecule has 1 aliphatic heterocycles. The number of hydrogen-bond donors (Lipinski definition) is 0. The number of carbonyl (C=O) groups excluding carboxylic acids is 3. The Morgan fingerprint density at radius 2 is 1.30 bits per heavy atom. The lowest BCUT2D eigenvalue weighted by molar-refractivity contribution is -0.141. The Morgan fingerprint density at radius 1 is 1.05 bits per heavy atom. The molecule has 1 saturated heterocycles. The number of nitrogens with zero attached hydrogens (tertiary/aromatic N) is 1. The van der Waals surface area contributed by atoms with Crippen molar-refractivity contribution >= 4 is 17.6 Å². The van der Waals surface area contributed by atoms with Crippen molar-refractivity contribution in [2.75, 3.05) is 6.54 Å². The molecule has 0 bridgehead atoms. The highest BCUT2D eigenvalue weighted by Crippen LogP contribution is 2.10. The van der Waals surface area contributed by atoms with Gasteiger partial charge >= 0.3 is 0 Å². The van der Waals surface area contributed by atoms with Crippen LogP contribution in [-0.2, 0) is 14.4 Å². The zero-order valence-electron chi connectivity index (χ0n) is 14.4. The minimum atomic E-state index is -0.231. The zero-order valence-corrected chi connectivity index (χ0v) is 14.4. The fraction of sp³-hybridized carbons (Fsp3) is 0.812. The minimum Gasteiger partial charge on any atom is -0.298 e. The van der Waals surface area contributed by atoms with Crippen LogP contribution in [0.3, 0.4) is 0 Å². The normalized spacial score (nSPS) is 14.6. The van der Waals surface area contributed by atoms with Crippen LogP contribution in [0.15, 0.2) is 0 Å². The van der Waals surface area contributed by atoms with E-state index in [1.54, 1.807) is 0 Å². The summed E-state index contributed by atoms with van der Waals surface area (Å²) in [4.78, 5) is 33.3. The molecule has 0 saturated carbocycles. The molecule has 2 amide bonds. The van der Waals surface area contributed by atoms with Crippen LogP contribution in [-0.4, -0.2) is 29.0 Å². The highest BCUT2D eigenvalue weighted by molar-refractivity contribution is 6.04. The Bertz CT molecular complexity index is 302. The van der Waals surface area contributed by atoms with Crippen LogP contribution in [0.2, 0.25) is 0 Å². The lowest BCUT2D eigenvalue weighted by Crippen LogP contribution is -2.33. The molecule has 4 nitrogen and oxygen atoms in total. The van der Waals surface area contributed by atoms with Crippen molar-refractivity contribution in [2.45, 2.75) is 68.2 Å². The van der Waals surface area contributed by atoms with Gasteiger partial charge < -0.3 is 0 Å². The van der Waals surface area contributed by atoms with E-state index in [2.05, 4.69) is 48.5 Å². The van der Waals surface area contributed by atoms with Crippen LogP contribution in [0, 0.1) is 11.3 Å². The predicted molar refractivity (Wildman–Crippen MR) is 82.3 cm³/mol. The number of rotatable bonds is 2. The Balaban J connectivity index is 0. The van der Waals surface area contributed by atoms with Gasteiger partial charge in [-0.1, -0.05) is 48.5 Å². The quantitative estimate of drug-likeness (QED) is 0.730. The topological polar surface area (TPSA) is 54.5 Å². The van der Waals surface area contributed by atoms with E-state index >= 15 is 0 Å². The van der Waals surface area contributed by atoms with Crippen LogP contribution < -0.4 is 0 Å². The maximum Gasteiger partial charge on any atom is 0.230 e. The first-order valence-electron chi connectivity index (χ1n) is 7.17. The Hall–Kier alpha value is -1.19. The molecule has 0 aromatic rings. The SMILES string of the molecule is CC(=O)CN1C(=O)CCC1=O.CC(C)(C)C.CC(C)C. The van der Waals surface area contributed by atoms with Crippen LogP contribution in [0.1, 0.15) is 68.2 Å². The summed E-state index contributed by atoms with van der Waals surface area (Å²) in [6, 6.07) is 0. The van der Waals surface area contributed by atoms with Crippen LogP contribution in [0.25, 0.3) is 0 Å². The molecular weight excluding hydrogens is 254 g/mol. The number of likely N-dealkylation sites (tertiary alicyclic amines) is 1. The summed E-state index contributed by atoms with van der Waals surface area (Å²) in [6.07, 6.45) is 0.512. The lowest BCUT2D eigenvalue weighted by atomic mass is 10.0. The van der Waals surface area contributed by atoms with Crippen molar-refractivity contribution in [1.29, 1.82) is 0 Å². The van der Waals surface area contributed by atoms with E-state index in [-0.39, 0.29) is 37.0 Å². The molecular formula is C16H31NO3. The summed E-state index contributed by atoms with van der Waals surface area (Å²) in [6.45, 7) is 16.6. The number of carbonyl (C=O) groups is 3. The maximum absolute atomic E-state index is 10.9. The van der Waals surface area contributed by atoms with Crippen molar-refractivity contribution in [3.63, 3.8) is 0 Å². The molecule has 0 aromatic carbocycles. The molecule has 4 heteroatoms. The van der Waals surface area contributed by atoms with Crippen molar-refractivity contribution in [3.8, 4) is 0 Å². The Labute approximate surface area is 123 Å². The van der Waals surface area contributed by atoms with E-state index in [0.717, 1.165) is 10.8 Å². The zero-order chi connectivity index (χ0) is 16.5. The third-order valence-electron chi connectivity index (χ3n) is 1.54. The van der Waals surface area contributed by atoms with Gasteiger partial charge in [0.2, 0.25) is 11.8 Å². The first-order chi connectivity index (χ1) is 8.84. The number of imide groups is 1. The van der Waals surface area contributed by atoms with Crippen molar-refractivity contribution in [1.82, 2.24) is 4.90 Å². The van der Waals surface area contributed by atoms with Crippen molar-refractivity contribution in [2.24, 2.45) is 11.3 Å². The van der Waals surface area contributed by atoms with Gasteiger partial charge in [-0.05, 0) is 18.3 Å². The number of amides is 2. The van der Waals surface area contributed by atoms with E-state index < -0.39 is 0 Å². The van der Waals surface area contributed by atoms with E-state index in [4.69, 9.17) is 0 Å². The molecule has 118 valence electrons. The summed E-state index contributed by atoms with van der Waals surface area (Å²) in [5.74, 6) is 0.212. The van der Waals surface area contributed by atoms with E-state index in [9.17, 15) is 14.4 Å². The average Bonchev–Trinajstić information content (AvgIpc) is 2.45. The largest absolute Gasteiger partial charge is 0.298 e. The minimum absolute atomic E-state index is 0.0579. The van der Waals surface area contributed by atoms with Gasteiger partial charge in [0, 0.05) is 12.8 Å². The van der Waals surface area contributed by atoms with Gasteiger partial charge in [-0.25, -0.2) is 0 Å². The van der Waals surface area contributed by atoms with Crippen LogP contribution in [0.5, 0.6) is 0 Å². The lowest BCUT2D eigenvalue weighted by Gasteiger charge is -2.09. The number of Topliss-reactive ketones (excluding diaryl/α,β-unsaturated/α-hetero) is 1. The summed E-state index contributed by atoms with van der Waals surface area (Å²) >= 11 is 0. The molecule has 1 heterocycles. The third kappa shape index (κ3) is 16.8. The van der Waals surface area contributed by atoms with E-state index in [1.807, 2.05) is 0 Å². The average molecular weight is 285 g/mol. The summed E-state index contributed by atoms with van der Waals surface area (Å²) < 4.78 is 0. The number of hydrogen-bond acceptors (Lipinski definition) is 3.